The second-order valence-electron chi connectivity index (χ2n) is 9.72. The quantitative estimate of drug-likeness (QED) is 0.345. The molecule has 4 rings (SSSR count). The SMILES string of the molecule is COc1ccc(C23CCC(NC(=O)Nc4ccc(F)c(F)c4F)CC2CN(C)C3)cc1OC.O=C(O)C(F)(F)F. The van der Waals surface area contributed by atoms with Crippen molar-refractivity contribution in [3.05, 3.63) is 53.3 Å². The molecule has 0 aromatic heterocycles. The Morgan fingerprint density at radius 1 is 1.05 bits per heavy atom. The molecule has 2 fully saturated rings. The molecule has 14 heteroatoms. The van der Waals surface area contributed by atoms with Crippen LogP contribution in [0.4, 0.5) is 36.8 Å². The van der Waals surface area contributed by atoms with Gasteiger partial charge in [0, 0.05) is 24.5 Å². The van der Waals surface area contributed by atoms with Crippen molar-refractivity contribution >= 4 is 17.7 Å². The number of aliphatic carboxylic acids is 1. The lowest BCUT2D eigenvalue weighted by molar-refractivity contribution is -0.192. The maximum Gasteiger partial charge on any atom is 0.490 e. The van der Waals surface area contributed by atoms with Gasteiger partial charge in [-0.05, 0) is 62.1 Å². The fraction of sp³-hybridized carbons (Fsp3) is 0.462. The molecular formula is C26H29F6N3O5. The number of likely N-dealkylation sites (tertiary alicyclic amines) is 1. The van der Waals surface area contributed by atoms with Crippen LogP contribution in [-0.2, 0) is 10.2 Å². The molecule has 0 bridgehead atoms. The average molecular weight is 578 g/mol. The van der Waals surface area contributed by atoms with Gasteiger partial charge in [-0.15, -0.1) is 0 Å². The molecule has 2 aromatic carbocycles. The first-order chi connectivity index (χ1) is 18.7. The van der Waals surface area contributed by atoms with E-state index in [9.17, 15) is 31.1 Å². The monoisotopic (exact) mass is 577 g/mol. The number of nitrogens with zero attached hydrogens (tertiary/aromatic N) is 1. The lowest BCUT2D eigenvalue weighted by Gasteiger charge is -2.42. The van der Waals surface area contributed by atoms with Crippen LogP contribution < -0.4 is 20.1 Å². The number of fused-ring (bicyclic) bond motifs is 1. The molecule has 1 aliphatic heterocycles. The number of carboxylic acids is 1. The molecule has 3 N–H and O–H groups in total. The summed E-state index contributed by atoms with van der Waals surface area (Å²) in [6.07, 6.45) is -2.76. The van der Waals surface area contributed by atoms with Gasteiger partial charge < -0.3 is 30.1 Å². The number of methoxy groups -OCH3 is 2. The van der Waals surface area contributed by atoms with Crippen LogP contribution in [0.5, 0.6) is 11.5 Å². The minimum atomic E-state index is -5.08. The van der Waals surface area contributed by atoms with Crippen LogP contribution in [0.2, 0.25) is 0 Å². The Morgan fingerprint density at radius 3 is 2.30 bits per heavy atom. The molecular weight excluding hydrogens is 548 g/mol. The number of benzene rings is 2. The van der Waals surface area contributed by atoms with E-state index < -0.39 is 41.3 Å². The number of hydrogen-bond donors (Lipinski definition) is 3. The van der Waals surface area contributed by atoms with E-state index in [1.54, 1.807) is 14.2 Å². The highest BCUT2D eigenvalue weighted by Crippen LogP contribution is 2.49. The number of urea groups is 1. The minimum Gasteiger partial charge on any atom is -0.493 e. The van der Waals surface area contributed by atoms with Crippen LogP contribution >= 0.6 is 0 Å². The number of hydrogen-bond acceptors (Lipinski definition) is 5. The molecule has 220 valence electrons. The standard InChI is InChI=1S/C24H28F3N3O3.C2HF3O2/c1-30-12-15-10-16(28-23(31)29-18-6-5-17(25)21(26)22(18)27)8-9-24(15,13-30)14-4-7-19(32-2)20(11-14)33-3;3-2(4,5)1(6)7/h4-7,11,15-16H,8-10,12-13H2,1-3H3,(H2,28,29,31);(H,6,7). The number of anilines is 1. The Bertz CT molecular complexity index is 1240. The molecule has 1 saturated carbocycles. The van der Waals surface area contributed by atoms with E-state index >= 15 is 0 Å². The molecule has 3 unspecified atom stereocenters. The third-order valence-electron chi connectivity index (χ3n) is 7.19. The normalized spacial score (nSPS) is 22.4. The van der Waals surface area contributed by atoms with Gasteiger partial charge in [0.1, 0.15) is 0 Å². The van der Waals surface area contributed by atoms with E-state index in [1.807, 2.05) is 12.1 Å². The first kappa shape index (κ1) is 30.9. The van der Waals surface area contributed by atoms with Crippen molar-refractivity contribution in [2.24, 2.45) is 5.92 Å². The summed E-state index contributed by atoms with van der Waals surface area (Å²) in [6.45, 7) is 1.78. The van der Waals surface area contributed by atoms with Gasteiger partial charge in [-0.1, -0.05) is 6.07 Å². The number of nitrogens with one attached hydrogen (secondary N) is 2. The Kier molecular flexibility index (Phi) is 9.44. The van der Waals surface area contributed by atoms with Gasteiger partial charge >= 0.3 is 18.2 Å². The average Bonchev–Trinajstić information content (AvgIpc) is 3.24. The van der Waals surface area contributed by atoms with E-state index in [2.05, 4.69) is 28.6 Å². The van der Waals surface area contributed by atoms with Gasteiger partial charge in [-0.25, -0.2) is 22.8 Å². The van der Waals surface area contributed by atoms with Crippen molar-refractivity contribution < 1.29 is 50.5 Å². The number of carbonyl (C=O) groups excluding carboxylic acids is 1. The van der Waals surface area contributed by atoms with E-state index in [1.165, 1.54) is 5.56 Å². The topological polar surface area (TPSA) is 100 Å². The fourth-order valence-corrected chi connectivity index (χ4v) is 5.42. The number of likely N-dealkylation sites (N-methyl/N-ethyl adjacent to an activating group) is 1. The summed E-state index contributed by atoms with van der Waals surface area (Å²) in [5.74, 6) is -5.43. The van der Waals surface area contributed by atoms with Crippen molar-refractivity contribution in [2.75, 3.05) is 39.7 Å². The molecule has 0 radical (unpaired) electrons. The van der Waals surface area contributed by atoms with Crippen LogP contribution in [0.15, 0.2) is 30.3 Å². The Morgan fingerprint density at radius 2 is 1.70 bits per heavy atom. The molecule has 40 heavy (non-hydrogen) atoms. The zero-order valence-electron chi connectivity index (χ0n) is 21.9. The van der Waals surface area contributed by atoms with Crippen molar-refractivity contribution in [1.82, 2.24) is 10.2 Å². The first-order valence-electron chi connectivity index (χ1n) is 12.1. The van der Waals surface area contributed by atoms with Crippen LogP contribution in [0.1, 0.15) is 24.8 Å². The van der Waals surface area contributed by atoms with Crippen LogP contribution in [0, 0.1) is 23.4 Å². The second-order valence-corrected chi connectivity index (χ2v) is 9.72. The molecule has 8 nitrogen and oxygen atoms in total. The molecule has 2 aliphatic rings. The van der Waals surface area contributed by atoms with Gasteiger partial charge in [0.2, 0.25) is 0 Å². The van der Waals surface area contributed by atoms with Gasteiger partial charge in [0.05, 0.1) is 19.9 Å². The molecule has 0 spiro atoms. The number of carboxylic acid groups (broad SMARTS) is 1. The van der Waals surface area contributed by atoms with E-state index in [-0.39, 0.29) is 11.5 Å². The maximum absolute atomic E-state index is 13.9. The highest BCUT2D eigenvalue weighted by molar-refractivity contribution is 5.89. The number of alkyl halides is 3. The molecule has 1 heterocycles. The fourth-order valence-electron chi connectivity index (χ4n) is 5.42. The van der Waals surface area contributed by atoms with Gasteiger partial charge in [0.25, 0.3) is 0 Å². The van der Waals surface area contributed by atoms with Crippen LogP contribution in [0.25, 0.3) is 0 Å². The lowest BCUT2D eigenvalue weighted by Crippen LogP contribution is -2.48. The molecule has 1 saturated heterocycles. The lowest BCUT2D eigenvalue weighted by atomic mass is 9.63. The largest absolute Gasteiger partial charge is 0.493 e. The summed E-state index contributed by atoms with van der Waals surface area (Å²) < 4.78 is 83.1. The first-order valence-corrected chi connectivity index (χ1v) is 12.1. The van der Waals surface area contributed by atoms with Crippen molar-refractivity contribution in [1.29, 1.82) is 0 Å². The van der Waals surface area contributed by atoms with E-state index in [0.717, 1.165) is 44.5 Å². The highest BCUT2D eigenvalue weighted by atomic mass is 19.4. The summed E-state index contributed by atoms with van der Waals surface area (Å²) in [5, 5.41) is 12.3. The predicted octanol–water partition coefficient (Wildman–Crippen LogP) is 4.93. The van der Waals surface area contributed by atoms with Gasteiger partial charge in [0.15, 0.2) is 29.0 Å². The highest BCUT2D eigenvalue weighted by Gasteiger charge is 2.50. The summed E-state index contributed by atoms with van der Waals surface area (Å²) in [7, 11) is 5.31. The third kappa shape index (κ3) is 6.72. The minimum absolute atomic E-state index is 0.0743. The van der Waals surface area contributed by atoms with Crippen LogP contribution in [-0.4, -0.2) is 68.6 Å². The number of halogens is 6. The zero-order valence-corrected chi connectivity index (χ0v) is 21.9. The van der Waals surface area contributed by atoms with Gasteiger partial charge in [-0.3, -0.25) is 0 Å². The number of amides is 2. The van der Waals surface area contributed by atoms with Crippen molar-refractivity contribution in [3.63, 3.8) is 0 Å². The number of rotatable bonds is 5. The second kappa shape index (κ2) is 12.2. The van der Waals surface area contributed by atoms with Gasteiger partial charge in [-0.2, -0.15) is 13.2 Å². The van der Waals surface area contributed by atoms with Crippen molar-refractivity contribution in [3.8, 4) is 11.5 Å². The summed E-state index contributed by atoms with van der Waals surface area (Å²) in [6, 6.07) is 7.06. The van der Waals surface area contributed by atoms with Crippen LogP contribution in [0.3, 0.4) is 0 Å². The Labute approximate surface area is 226 Å². The van der Waals surface area contributed by atoms with E-state index in [4.69, 9.17) is 19.4 Å². The predicted molar refractivity (Wildman–Crippen MR) is 132 cm³/mol. The summed E-state index contributed by atoms with van der Waals surface area (Å²) in [4.78, 5) is 23.6. The number of ether oxygens (including phenoxy) is 2. The Hall–Kier alpha value is -3.68. The van der Waals surface area contributed by atoms with E-state index in [0.29, 0.717) is 17.4 Å². The molecule has 1 aliphatic carbocycles. The number of carbonyl (C=O) groups is 2. The molecule has 3 atom stereocenters. The van der Waals surface area contributed by atoms with Crippen molar-refractivity contribution in [2.45, 2.75) is 36.9 Å². The maximum atomic E-state index is 13.9. The summed E-state index contributed by atoms with van der Waals surface area (Å²) in [5.41, 5.74) is 0.707. The molecule has 2 aromatic rings. The molecule has 2 amide bonds. The third-order valence-corrected chi connectivity index (χ3v) is 7.19. The zero-order chi connectivity index (χ0) is 29.8. The Balaban J connectivity index is 0.000000559. The summed E-state index contributed by atoms with van der Waals surface area (Å²) >= 11 is 0. The smallest absolute Gasteiger partial charge is 0.490 e.